The molecule has 2 aromatic heterocycles. The zero-order valence-corrected chi connectivity index (χ0v) is 14.5. The molecule has 0 N–H and O–H groups in total. The summed E-state index contributed by atoms with van der Waals surface area (Å²) in [6.07, 6.45) is 0.616. The first-order valence-electron chi connectivity index (χ1n) is 8.38. The van der Waals surface area contributed by atoms with Crippen molar-refractivity contribution in [3.05, 3.63) is 88.0 Å². The molecule has 142 valence electrons. The average molecular weight is 384 g/mol. The first kappa shape index (κ1) is 17.9. The predicted octanol–water partition coefficient (Wildman–Crippen LogP) is 3.02. The van der Waals surface area contributed by atoms with Crippen LogP contribution in [0.5, 0.6) is 0 Å². The summed E-state index contributed by atoms with van der Waals surface area (Å²) >= 11 is 0. The fourth-order valence-corrected chi connectivity index (χ4v) is 2.83. The topological polar surface area (TPSA) is 83.0 Å². The third-order valence-electron chi connectivity index (χ3n) is 4.19. The van der Waals surface area contributed by atoms with Crippen LogP contribution in [0.25, 0.3) is 11.0 Å². The van der Waals surface area contributed by atoms with Gasteiger partial charge >= 0.3 is 5.63 Å². The molecule has 2 aromatic carbocycles. The Hall–Kier alpha value is -3.46. The van der Waals surface area contributed by atoms with Gasteiger partial charge in [-0.25, -0.2) is 18.3 Å². The summed E-state index contributed by atoms with van der Waals surface area (Å²) in [5.41, 5.74) is 0.893. The standard InChI is InChI=1S/C19H14F2N4O3/c20-14-4-5-15(16(21)8-14)18(9-25-11-22-23-24-25)27-10-12-1-2-13-3-6-19(26)28-17(13)7-12/h1-8,11,18H,9-10H2. The predicted molar refractivity (Wildman–Crippen MR) is 94.2 cm³/mol. The Morgan fingerprint density at radius 3 is 2.75 bits per heavy atom. The van der Waals surface area contributed by atoms with Gasteiger partial charge in [-0.2, -0.15) is 0 Å². The molecule has 0 aliphatic carbocycles. The molecule has 0 radical (unpaired) electrons. The molecular weight excluding hydrogens is 370 g/mol. The number of halogens is 2. The Morgan fingerprint density at radius 1 is 1.11 bits per heavy atom. The van der Waals surface area contributed by atoms with Crippen LogP contribution in [0.2, 0.25) is 0 Å². The van der Waals surface area contributed by atoms with E-state index in [1.807, 2.05) is 6.07 Å². The molecule has 2 heterocycles. The van der Waals surface area contributed by atoms with E-state index in [-0.39, 0.29) is 18.7 Å². The molecule has 0 saturated heterocycles. The number of rotatable bonds is 6. The van der Waals surface area contributed by atoms with Crippen molar-refractivity contribution in [3.63, 3.8) is 0 Å². The Labute approximate surface area is 157 Å². The van der Waals surface area contributed by atoms with Gasteiger partial charge in [0.2, 0.25) is 0 Å². The lowest BCUT2D eigenvalue weighted by molar-refractivity contribution is 0.0230. The van der Waals surface area contributed by atoms with Gasteiger partial charge < -0.3 is 9.15 Å². The molecule has 1 atom stereocenters. The molecule has 0 aliphatic rings. The first-order chi connectivity index (χ1) is 13.6. The van der Waals surface area contributed by atoms with Gasteiger partial charge in [0.05, 0.1) is 13.2 Å². The average Bonchev–Trinajstić information content (AvgIpc) is 3.18. The minimum atomic E-state index is -0.762. The minimum Gasteiger partial charge on any atom is -0.423 e. The van der Waals surface area contributed by atoms with E-state index in [9.17, 15) is 13.6 Å². The fourth-order valence-electron chi connectivity index (χ4n) is 2.83. The van der Waals surface area contributed by atoms with Gasteiger partial charge in [0.15, 0.2) is 0 Å². The molecule has 4 rings (SSSR count). The van der Waals surface area contributed by atoms with Crippen LogP contribution in [0.4, 0.5) is 8.78 Å². The SMILES string of the molecule is O=c1ccc2ccc(COC(Cn3cnnn3)c3ccc(F)cc3F)cc2o1. The number of ether oxygens (including phenoxy) is 1. The molecule has 9 heteroatoms. The van der Waals surface area contributed by atoms with Gasteiger partial charge in [0.25, 0.3) is 0 Å². The normalized spacial score (nSPS) is 12.4. The number of tetrazole rings is 1. The summed E-state index contributed by atoms with van der Waals surface area (Å²) in [5.74, 6) is -1.39. The summed E-state index contributed by atoms with van der Waals surface area (Å²) in [7, 11) is 0. The highest BCUT2D eigenvalue weighted by molar-refractivity contribution is 5.76. The van der Waals surface area contributed by atoms with Crippen molar-refractivity contribution < 1.29 is 17.9 Å². The number of hydrogen-bond donors (Lipinski definition) is 0. The van der Waals surface area contributed by atoms with E-state index in [1.54, 1.807) is 18.2 Å². The first-order valence-corrected chi connectivity index (χ1v) is 8.38. The zero-order chi connectivity index (χ0) is 19.5. The molecule has 0 bridgehead atoms. The minimum absolute atomic E-state index is 0.109. The lowest BCUT2D eigenvalue weighted by Crippen LogP contribution is -2.15. The number of nitrogens with zero attached hydrogens (tertiary/aromatic N) is 4. The van der Waals surface area contributed by atoms with Crippen LogP contribution < -0.4 is 5.63 Å². The van der Waals surface area contributed by atoms with E-state index >= 15 is 0 Å². The van der Waals surface area contributed by atoms with Gasteiger partial charge in [-0.05, 0) is 34.2 Å². The highest BCUT2D eigenvalue weighted by atomic mass is 19.1. The maximum atomic E-state index is 14.3. The monoisotopic (exact) mass is 384 g/mol. The molecule has 28 heavy (non-hydrogen) atoms. The molecule has 7 nitrogen and oxygen atoms in total. The lowest BCUT2D eigenvalue weighted by Gasteiger charge is -2.19. The van der Waals surface area contributed by atoms with Crippen molar-refractivity contribution in [2.75, 3.05) is 0 Å². The molecule has 0 amide bonds. The Morgan fingerprint density at radius 2 is 1.96 bits per heavy atom. The molecule has 0 spiro atoms. The van der Waals surface area contributed by atoms with Crippen molar-refractivity contribution in [1.82, 2.24) is 20.2 Å². The van der Waals surface area contributed by atoms with Gasteiger partial charge in [-0.1, -0.05) is 18.2 Å². The summed E-state index contributed by atoms with van der Waals surface area (Å²) < 4.78 is 40.0. The molecule has 0 fully saturated rings. The smallest absolute Gasteiger partial charge is 0.336 e. The lowest BCUT2D eigenvalue weighted by atomic mass is 10.1. The molecule has 4 aromatic rings. The van der Waals surface area contributed by atoms with Crippen LogP contribution >= 0.6 is 0 Å². The van der Waals surface area contributed by atoms with Crippen molar-refractivity contribution in [2.24, 2.45) is 0 Å². The summed E-state index contributed by atoms with van der Waals surface area (Å²) in [6.45, 7) is 0.246. The maximum absolute atomic E-state index is 14.3. The van der Waals surface area contributed by atoms with Gasteiger partial charge in [-0.15, -0.1) is 5.10 Å². The second kappa shape index (κ2) is 7.65. The van der Waals surface area contributed by atoms with E-state index in [0.717, 1.165) is 17.0 Å². The third-order valence-corrected chi connectivity index (χ3v) is 4.19. The van der Waals surface area contributed by atoms with Crippen molar-refractivity contribution in [2.45, 2.75) is 19.3 Å². The van der Waals surface area contributed by atoms with Crippen LogP contribution in [-0.2, 0) is 17.9 Å². The van der Waals surface area contributed by atoms with Gasteiger partial charge in [-0.3, -0.25) is 0 Å². The van der Waals surface area contributed by atoms with E-state index in [0.29, 0.717) is 5.58 Å². The highest BCUT2D eigenvalue weighted by Gasteiger charge is 2.19. The Kier molecular flexibility index (Phi) is 4.90. The zero-order valence-electron chi connectivity index (χ0n) is 14.5. The number of fused-ring (bicyclic) bond motifs is 1. The Balaban J connectivity index is 1.59. The fraction of sp³-hybridized carbons (Fsp3) is 0.158. The summed E-state index contributed by atoms with van der Waals surface area (Å²) in [5, 5.41) is 11.6. The quantitative estimate of drug-likeness (QED) is 0.475. The van der Waals surface area contributed by atoms with E-state index < -0.39 is 23.4 Å². The summed E-state index contributed by atoms with van der Waals surface area (Å²) in [4.78, 5) is 11.4. The van der Waals surface area contributed by atoms with Crippen LogP contribution in [0.1, 0.15) is 17.2 Å². The highest BCUT2D eigenvalue weighted by Crippen LogP contribution is 2.25. The summed E-state index contributed by atoms with van der Waals surface area (Å²) in [6, 6.07) is 11.6. The molecular formula is C19H14F2N4O3. The van der Waals surface area contributed by atoms with Crippen LogP contribution in [-0.4, -0.2) is 20.2 Å². The second-order valence-electron chi connectivity index (χ2n) is 6.12. The largest absolute Gasteiger partial charge is 0.423 e. The third kappa shape index (κ3) is 3.94. The van der Waals surface area contributed by atoms with Crippen LogP contribution in [0, 0.1) is 11.6 Å². The molecule has 0 saturated carbocycles. The van der Waals surface area contributed by atoms with Gasteiger partial charge in [0.1, 0.15) is 29.6 Å². The van der Waals surface area contributed by atoms with Crippen molar-refractivity contribution >= 4 is 11.0 Å². The molecule has 1 unspecified atom stereocenters. The van der Waals surface area contributed by atoms with Crippen LogP contribution in [0.15, 0.2) is 64.1 Å². The number of benzene rings is 2. The second-order valence-corrected chi connectivity index (χ2v) is 6.12. The number of hydrogen-bond acceptors (Lipinski definition) is 6. The van der Waals surface area contributed by atoms with Crippen LogP contribution in [0.3, 0.4) is 0 Å². The Bertz CT molecular complexity index is 1160. The molecule has 0 aliphatic heterocycles. The number of aromatic nitrogens is 4. The van der Waals surface area contributed by atoms with E-state index in [4.69, 9.17) is 9.15 Å². The van der Waals surface area contributed by atoms with Gasteiger partial charge in [0, 0.05) is 23.1 Å². The van der Waals surface area contributed by atoms with Crippen molar-refractivity contribution in [3.8, 4) is 0 Å². The maximum Gasteiger partial charge on any atom is 0.336 e. The van der Waals surface area contributed by atoms with E-state index in [1.165, 1.54) is 29.2 Å². The van der Waals surface area contributed by atoms with Crippen molar-refractivity contribution in [1.29, 1.82) is 0 Å². The van der Waals surface area contributed by atoms with E-state index in [2.05, 4.69) is 15.5 Å².